The Kier molecular flexibility index (Phi) is 4.69. The van der Waals surface area contributed by atoms with Gasteiger partial charge in [0, 0.05) is 11.4 Å². The number of carbonyl (C=O) groups is 2. The summed E-state index contributed by atoms with van der Waals surface area (Å²) in [5, 5.41) is 15.9. The Hall–Kier alpha value is -2.57. The second kappa shape index (κ2) is 6.90. The van der Waals surface area contributed by atoms with Crippen LogP contribution in [0.1, 0.15) is 5.56 Å². The van der Waals surface area contributed by atoms with Crippen molar-refractivity contribution in [3.8, 4) is 5.75 Å². The molecule has 1 atom stereocenters. The van der Waals surface area contributed by atoms with Gasteiger partial charge in [-0.3, -0.25) is 9.59 Å². The van der Waals surface area contributed by atoms with Crippen molar-refractivity contribution < 1.29 is 19.4 Å². The Morgan fingerprint density at radius 3 is 2.88 bits per heavy atom. The molecular weight excluding hydrogens is 332 g/mol. The Labute approximate surface area is 143 Å². The molecule has 0 spiro atoms. The number of para-hydroxylation sites is 1. The lowest BCUT2D eigenvalue weighted by atomic mass is 10.1. The van der Waals surface area contributed by atoms with Crippen LogP contribution < -0.4 is 15.4 Å². The molecule has 0 radical (unpaired) electrons. The predicted molar refractivity (Wildman–Crippen MR) is 90.4 cm³/mol. The lowest BCUT2D eigenvalue weighted by molar-refractivity contribution is -0.123. The van der Waals surface area contributed by atoms with E-state index in [0.29, 0.717) is 27.7 Å². The number of hydrogen-bond donors (Lipinski definition) is 3. The molecule has 0 aliphatic carbocycles. The van der Waals surface area contributed by atoms with Crippen molar-refractivity contribution >= 4 is 34.8 Å². The standard InChI is InChI=1S/C17H15ClN2O4/c18-11-5-2-1-4-10(11)8-14(21)17(23)20-13-7-3-6-12-16(13)24-9-15(22)19-12/h1-7,14,21H,8-9H2,(H,19,22)(H,20,23). The van der Waals surface area contributed by atoms with E-state index in [2.05, 4.69) is 10.6 Å². The maximum absolute atomic E-state index is 12.2. The number of anilines is 2. The number of nitrogens with one attached hydrogen (secondary N) is 2. The van der Waals surface area contributed by atoms with Crippen molar-refractivity contribution in [2.45, 2.75) is 12.5 Å². The first-order chi connectivity index (χ1) is 11.5. The van der Waals surface area contributed by atoms with E-state index in [1.807, 2.05) is 0 Å². The molecule has 2 aromatic rings. The molecule has 1 aliphatic heterocycles. The van der Waals surface area contributed by atoms with E-state index in [4.69, 9.17) is 16.3 Å². The number of aliphatic hydroxyl groups is 1. The van der Waals surface area contributed by atoms with Crippen molar-refractivity contribution in [2.24, 2.45) is 0 Å². The van der Waals surface area contributed by atoms with Gasteiger partial charge in [-0.05, 0) is 23.8 Å². The fraction of sp³-hybridized carbons (Fsp3) is 0.176. The van der Waals surface area contributed by atoms with Crippen LogP contribution in [-0.4, -0.2) is 29.6 Å². The van der Waals surface area contributed by atoms with Gasteiger partial charge in [0.2, 0.25) is 0 Å². The summed E-state index contributed by atoms with van der Waals surface area (Å²) < 4.78 is 5.36. The molecule has 0 aromatic heterocycles. The molecule has 1 unspecified atom stereocenters. The number of amides is 2. The van der Waals surface area contributed by atoms with E-state index in [1.54, 1.807) is 42.5 Å². The summed E-state index contributed by atoms with van der Waals surface area (Å²) in [6.45, 7) is -0.123. The molecule has 0 saturated carbocycles. The van der Waals surface area contributed by atoms with E-state index in [0.717, 1.165) is 0 Å². The van der Waals surface area contributed by atoms with Crippen LogP contribution >= 0.6 is 11.6 Å². The molecule has 124 valence electrons. The lowest BCUT2D eigenvalue weighted by Crippen LogP contribution is -2.31. The van der Waals surface area contributed by atoms with Gasteiger partial charge in [0.05, 0.1) is 11.4 Å². The van der Waals surface area contributed by atoms with Gasteiger partial charge in [0.1, 0.15) is 6.10 Å². The first kappa shape index (κ1) is 16.3. The molecule has 0 fully saturated rings. The largest absolute Gasteiger partial charge is 0.479 e. The van der Waals surface area contributed by atoms with E-state index >= 15 is 0 Å². The van der Waals surface area contributed by atoms with Crippen molar-refractivity contribution in [1.82, 2.24) is 0 Å². The highest BCUT2D eigenvalue weighted by Crippen LogP contribution is 2.35. The van der Waals surface area contributed by atoms with Gasteiger partial charge in [0.15, 0.2) is 12.4 Å². The number of fused-ring (bicyclic) bond motifs is 1. The summed E-state index contributed by atoms with van der Waals surface area (Å²) >= 11 is 6.04. The Morgan fingerprint density at radius 1 is 1.29 bits per heavy atom. The first-order valence-corrected chi connectivity index (χ1v) is 7.70. The molecule has 2 aromatic carbocycles. The molecule has 3 N–H and O–H groups in total. The molecule has 3 rings (SSSR count). The van der Waals surface area contributed by atoms with E-state index in [9.17, 15) is 14.7 Å². The highest BCUT2D eigenvalue weighted by molar-refractivity contribution is 6.31. The molecule has 7 heteroatoms. The van der Waals surface area contributed by atoms with Gasteiger partial charge in [-0.25, -0.2) is 0 Å². The fourth-order valence-corrected chi connectivity index (χ4v) is 2.61. The van der Waals surface area contributed by atoms with Crippen molar-refractivity contribution in [3.63, 3.8) is 0 Å². The zero-order chi connectivity index (χ0) is 17.1. The molecule has 6 nitrogen and oxygen atoms in total. The molecule has 0 bridgehead atoms. The average Bonchev–Trinajstić information content (AvgIpc) is 2.56. The molecule has 1 aliphatic rings. The third kappa shape index (κ3) is 3.50. The van der Waals surface area contributed by atoms with Crippen molar-refractivity contribution in [2.75, 3.05) is 17.2 Å². The summed E-state index contributed by atoms with van der Waals surface area (Å²) in [5.74, 6) is -0.469. The molecule has 0 saturated heterocycles. The van der Waals surface area contributed by atoms with Gasteiger partial charge in [0.25, 0.3) is 11.8 Å². The van der Waals surface area contributed by atoms with Gasteiger partial charge in [-0.15, -0.1) is 0 Å². The van der Waals surface area contributed by atoms with Crippen molar-refractivity contribution in [3.05, 3.63) is 53.1 Å². The average molecular weight is 347 g/mol. The van der Waals surface area contributed by atoms with Gasteiger partial charge in [-0.1, -0.05) is 35.9 Å². The quantitative estimate of drug-likeness (QED) is 0.792. The second-order valence-corrected chi connectivity index (χ2v) is 5.73. The molecule has 1 heterocycles. The molecule has 24 heavy (non-hydrogen) atoms. The van der Waals surface area contributed by atoms with Gasteiger partial charge in [-0.2, -0.15) is 0 Å². The summed E-state index contributed by atoms with van der Waals surface area (Å²) in [5.41, 5.74) is 1.54. The number of benzene rings is 2. The van der Waals surface area contributed by atoms with Gasteiger partial charge >= 0.3 is 0 Å². The van der Waals surface area contributed by atoms with E-state index < -0.39 is 12.0 Å². The maximum atomic E-state index is 12.2. The third-order valence-electron chi connectivity index (χ3n) is 3.57. The Balaban J connectivity index is 1.72. The van der Waals surface area contributed by atoms with Crippen LogP contribution in [0.2, 0.25) is 5.02 Å². The third-order valence-corrected chi connectivity index (χ3v) is 3.94. The zero-order valence-electron chi connectivity index (χ0n) is 12.6. The van der Waals surface area contributed by atoms with Crippen LogP contribution in [0, 0.1) is 0 Å². The number of hydrogen-bond acceptors (Lipinski definition) is 4. The predicted octanol–water partition coefficient (Wildman–Crippen LogP) is 2.21. The van der Waals surface area contributed by atoms with Crippen LogP contribution in [0.15, 0.2) is 42.5 Å². The van der Waals surface area contributed by atoms with Crippen LogP contribution in [0.4, 0.5) is 11.4 Å². The summed E-state index contributed by atoms with van der Waals surface area (Å²) in [6.07, 6.45) is -1.17. The normalized spacial score (nSPS) is 14.2. The molecular formula is C17H15ClN2O4. The maximum Gasteiger partial charge on any atom is 0.262 e. The highest BCUT2D eigenvalue weighted by Gasteiger charge is 2.22. The van der Waals surface area contributed by atoms with E-state index in [1.165, 1.54) is 0 Å². The number of carbonyl (C=O) groups excluding carboxylic acids is 2. The van der Waals surface area contributed by atoms with Crippen LogP contribution in [0.3, 0.4) is 0 Å². The lowest BCUT2D eigenvalue weighted by Gasteiger charge is -2.21. The fourth-order valence-electron chi connectivity index (χ4n) is 2.39. The second-order valence-electron chi connectivity index (χ2n) is 5.32. The summed E-state index contributed by atoms with van der Waals surface area (Å²) in [6, 6.07) is 12.0. The van der Waals surface area contributed by atoms with Crippen LogP contribution in [0.5, 0.6) is 5.75 Å². The highest BCUT2D eigenvalue weighted by atomic mass is 35.5. The SMILES string of the molecule is O=C1COc2c(cccc2NC(=O)C(O)Cc2ccccc2Cl)N1. The summed E-state index contributed by atoms with van der Waals surface area (Å²) in [7, 11) is 0. The Bertz CT molecular complexity index is 794. The summed E-state index contributed by atoms with van der Waals surface area (Å²) in [4.78, 5) is 23.6. The molecule has 2 amide bonds. The van der Waals surface area contributed by atoms with Crippen LogP contribution in [-0.2, 0) is 16.0 Å². The number of aliphatic hydroxyl groups excluding tert-OH is 1. The van der Waals surface area contributed by atoms with Gasteiger partial charge < -0.3 is 20.5 Å². The Morgan fingerprint density at radius 2 is 2.08 bits per heavy atom. The smallest absolute Gasteiger partial charge is 0.262 e. The number of ether oxygens (including phenoxy) is 1. The van der Waals surface area contributed by atoms with Crippen molar-refractivity contribution in [1.29, 1.82) is 0 Å². The number of rotatable bonds is 4. The minimum absolute atomic E-state index is 0.0954. The zero-order valence-corrected chi connectivity index (χ0v) is 13.3. The monoisotopic (exact) mass is 346 g/mol. The minimum atomic E-state index is -1.26. The van der Waals surface area contributed by atoms with E-state index in [-0.39, 0.29) is 18.9 Å². The topological polar surface area (TPSA) is 87.7 Å². The number of halogens is 1. The van der Waals surface area contributed by atoms with Crippen LogP contribution in [0.25, 0.3) is 0 Å². The minimum Gasteiger partial charge on any atom is -0.479 e. The first-order valence-electron chi connectivity index (χ1n) is 7.32.